The van der Waals surface area contributed by atoms with Crippen LogP contribution in [0.15, 0.2) is 36.9 Å². The van der Waals surface area contributed by atoms with Gasteiger partial charge >= 0.3 is 0 Å². The van der Waals surface area contributed by atoms with Gasteiger partial charge in [0.2, 0.25) is 0 Å². The molecule has 4 rings (SSSR count). The molecule has 0 aromatic carbocycles. The van der Waals surface area contributed by atoms with Crippen LogP contribution in [0.5, 0.6) is 0 Å². The highest BCUT2D eigenvalue weighted by atomic mass is 15.3. The number of likely N-dealkylation sites (N-methyl/N-ethyl adjacent to an activating group) is 1. The molecular weight excluding hydrogens is 312 g/mol. The number of imidazole rings is 1. The van der Waals surface area contributed by atoms with E-state index in [0.29, 0.717) is 5.92 Å². The lowest BCUT2D eigenvalue weighted by Crippen LogP contribution is -2.47. The molecule has 4 heterocycles. The van der Waals surface area contributed by atoms with E-state index in [2.05, 4.69) is 54.6 Å². The number of pyridine rings is 1. The molecule has 0 amide bonds. The van der Waals surface area contributed by atoms with Gasteiger partial charge in [-0.05, 0) is 24.7 Å². The molecule has 0 radical (unpaired) electrons. The molecule has 0 aliphatic carbocycles. The molecule has 1 fully saturated rings. The largest absolute Gasteiger partial charge is 0.333 e. The second-order valence-electron chi connectivity index (χ2n) is 7.49. The van der Waals surface area contributed by atoms with Gasteiger partial charge in [-0.2, -0.15) is 0 Å². The fourth-order valence-electron chi connectivity index (χ4n) is 4.00. The quantitative estimate of drug-likeness (QED) is 0.835. The topological polar surface area (TPSA) is 40.4 Å². The van der Waals surface area contributed by atoms with E-state index < -0.39 is 0 Å². The zero-order chi connectivity index (χ0) is 17.1. The van der Waals surface area contributed by atoms with Gasteiger partial charge in [0.25, 0.3) is 0 Å². The number of aromatic nitrogens is 3. The van der Waals surface area contributed by atoms with Crippen LogP contribution in [0.4, 0.5) is 0 Å². The number of fused-ring (bicyclic) bond motifs is 1. The van der Waals surface area contributed by atoms with Crippen LogP contribution in [0.3, 0.4) is 0 Å². The van der Waals surface area contributed by atoms with Crippen LogP contribution >= 0.6 is 0 Å². The minimum atomic E-state index is 0.640. The average Bonchev–Trinajstić information content (AvgIpc) is 2.98. The summed E-state index contributed by atoms with van der Waals surface area (Å²) in [6.45, 7) is 10.0. The summed E-state index contributed by atoms with van der Waals surface area (Å²) in [5.74, 6) is 1.83. The molecule has 6 nitrogen and oxygen atoms in total. The highest BCUT2D eigenvalue weighted by Crippen LogP contribution is 2.19. The Labute approximate surface area is 150 Å². The second kappa shape index (κ2) is 7.64. The molecule has 2 aromatic heterocycles. The van der Waals surface area contributed by atoms with Crippen molar-refractivity contribution in [3.05, 3.63) is 48.3 Å². The molecule has 134 valence electrons. The molecule has 1 saturated heterocycles. The average molecular weight is 340 g/mol. The van der Waals surface area contributed by atoms with E-state index in [-0.39, 0.29) is 0 Å². The van der Waals surface area contributed by atoms with Crippen LogP contribution in [0.25, 0.3) is 0 Å². The normalized spacial score (nSPS) is 23.3. The number of hydrogen-bond acceptors (Lipinski definition) is 5. The van der Waals surface area contributed by atoms with Crippen molar-refractivity contribution in [2.24, 2.45) is 5.92 Å². The van der Waals surface area contributed by atoms with Crippen molar-refractivity contribution in [2.45, 2.75) is 19.6 Å². The molecule has 2 aromatic rings. The van der Waals surface area contributed by atoms with Gasteiger partial charge in [-0.25, -0.2) is 4.98 Å². The summed E-state index contributed by atoms with van der Waals surface area (Å²) in [4.78, 5) is 16.3. The standard InChI is InChI=1S/C19H28N6/c1-22-8-10-23(11-9-22)13-18-14-24(12-17-2-4-20-5-3-17)16-19-21-6-7-25(19)15-18/h2-7,18H,8-16H2,1H3/t18-/m0/s1. The van der Waals surface area contributed by atoms with Gasteiger partial charge < -0.3 is 14.4 Å². The van der Waals surface area contributed by atoms with Crippen LogP contribution in [0, 0.1) is 5.92 Å². The molecule has 2 aliphatic rings. The summed E-state index contributed by atoms with van der Waals surface area (Å²) in [7, 11) is 2.22. The molecule has 0 bridgehead atoms. The maximum absolute atomic E-state index is 4.59. The van der Waals surface area contributed by atoms with E-state index >= 15 is 0 Å². The number of piperazine rings is 1. The maximum atomic E-state index is 4.59. The zero-order valence-corrected chi connectivity index (χ0v) is 15.1. The lowest BCUT2D eigenvalue weighted by molar-refractivity contribution is 0.116. The monoisotopic (exact) mass is 340 g/mol. The lowest BCUT2D eigenvalue weighted by Gasteiger charge is -2.35. The number of nitrogens with zero attached hydrogens (tertiary/aromatic N) is 6. The summed E-state index contributed by atoms with van der Waals surface area (Å²) >= 11 is 0. The molecule has 2 aliphatic heterocycles. The van der Waals surface area contributed by atoms with E-state index in [1.807, 2.05) is 18.6 Å². The Morgan fingerprint density at radius 2 is 1.80 bits per heavy atom. The van der Waals surface area contributed by atoms with E-state index in [1.54, 1.807) is 0 Å². The first-order valence-corrected chi connectivity index (χ1v) is 9.28. The minimum Gasteiger partial charge on any atom is -0.333 e. The molecular formula is C19H28N6. The Morgan fingerprint density at radius 3 is 2.60 bits per heavy atom. The summed E-state index contributed by atoms with van der Waals surface area (Å²) in [6, 6.07) is 4.24. The third-order valence-electron chi connectivity index (χ3n) is 5.41. The summed E-state index contributed by atoms with van der Waals surface area (Å²) in [5.41, 5.74) is 1.33. The first-order chi connectivity index (χ1) is 12.3. The van der Waals surface area contributed by atoms with Gasteiger partial charge in [0, 0.05) is 83.1 Å². The molecule has 0 N–H and O–H groups in total. The molecule has 0 saturated carbocycles. The molecule has 25 heavy (non-hydrogen) atoms. The SMILES string of the molecule is CN1CCN(C[C@H]2CN(Cc3ccncc3)Cc3nccn3C2)CC1. The minimum absolute atomic E-state index is 0.640. The molecule has 1 atom stereocenters. The first kappa shape index (κ1) is 16.7. The van der Waals surface area contributed by atoms with Gasteiger partial charge in [0.1, 0.15) is 5.82 Å². The Bertz CT molecular complexity index is 662. The van der Waals surface area contributed by atoms with Crippen LogP contribution in [0.2, 0.25) is 0 Å². The van der Waals surface area contributed by atoms with Crippen molar-refractivity contribution >= 4 is 0 Å². The van der Waals surface area contributed by atoms with Crippen molar-refractivity contribution in [3.8, 4) is 0 Å². The predicted octanol–water partition coefficient (Wildman–Crippen LogP) is 1.16. The summed E-state index contributed by atoms with van der Waals surface area (Å²) in [6.07, 6.45) is 7.85. The smallest absolute Gasteiger partial charge is 0.122 e. The predicted molar refractivity (Wildman–Crippen MR) is 98.0 cm³/mol. The molecule has 6 heteroatoms. The number of rotatable bonds is 4. The van der Waals surface area contributed by atoms with Crippen molar-refractivity contribution in [1.29, 1.82) is 0 Å². The van der Waals surface area contributed by atoms with E-state index in [4.69, 9.17) is 0 Å². The Kier molecular flexibility index (Phi) is 5.10. The van der Waals surface area contributed by atoms with Crippen LogP contribution < -0.4 is 0 Å². The first-order valence-electron chi connectivity index (χ1n) is 9.28. The fraction of sp³-hybridized carbons (Fsp3) is 0.579. The van der Waals surface area contributed by atoms with Crippen molar-refractivity contribution in [3.63, 3.8) is 0 Å². The van der Waals surface area contributed by atoms with E-state index in [9.17, 15) is 0 Å². The second-order valence-corrected chi connectivity index (χ2v) is 7.49. The van der Waals surface area contributed by atoms with Crippen molar-refractivity contribution in [2.75, 3.05) is 46.3 Å². The van der Waals surface area contributed by atoms with Crippen LogP contribution in [-0.4, -0.2) is 75.6 Å². The van der Waals surface area contributed by atoms with Crippen molar-refractivity contribution < 1.29 is 0 Å². The molecule has 0 spiro atoms. The highest BCUT2D eigenvalue weighted by Gasteiger charge is 2.25. The summed E-state index contributed by atoms with van der Waals surface area (Å²) in [5, 5.41) is 0. The Balaban J connectivity index is 1.45. The van der Waals surface area contributed by atoms with E-state index in [0.717, 1.165) is 26.2 Å². The van der Waals surface area contributed by atoms with Crippen LogP contribution in [0.1, 0.15) is 11.4 Å². The van der Waals surface area contributed by atoms with E-state index in [1.165, 1.54) is 44.1 Å². The lowest BCUT2D eigenvalue weighted by atomic mass is 10.1. The third kappa shape index (κ3) is 4.26. The number of hydrogen-bond donors (Lipinski definition) is 0. The molecule has 0 unspecified atom stereocenters. The fourth-order valence-corrected chi connectivity index (χ4v) is 4.00. The van der Waals surface area contributed by atoms with Gasteiger partial charge in [0.15, 0.2) is 0 Å². The highest BCUT2D eigenvalue weighted by molar-refractivity contribution is 5.10. The van der Waals surface area contributed by atoms with Crippen LogP contribution in [-0.2, 0) is 19.6 Å². The Morgan fingerprint density at radius 1 is 1.00 bits per heavy atom. The van der Waals surface area contributed by atoms with Gasteiger partial charge in [-0.15, -0.1) is 0 Å². The van der Waals surface area contributed by atoms with Gasteiger partial charge in [-0.3, -0.25) is 9.88 Å². The summed E-state index contributed by atoms with van der Waals surface area (Å²) < 4.78 is 2.35. The van der Waals surface area contributed by atoms with Gasteiger partial charge in [0.05, 0.1) is 6.54 Å². The maximum Gasteiger partial charge on any atom is 0.122 e. The zero-order valence-electron chi connectivity index (χ0n) is 15.1. The van der Waals surface area contributed by atoms with Crippen molar-refractivity contribution in [1.82, 2.24) is 29.2 Å². The van der Waals surface area contributed by atoms with Gasteiger partial charge in [-0.1, -0.05) is 0 Å². The third-order valence-corrected chi connectivity index (χ3v) is 5.41. The Hall–Kier alpha value is -1.76.